The van der Waals surface area contributed by atoms with Crippen molar-refractivity contribution in [2.24, 2.45) is 0 Å². The normalized spacial score (nSPS) is 20.3. The quantitative estimate of drug-likeness (QED) is 0.785. The van der Waals surface area contributed by atoms with Crippen LogP contribution in [0.4, 0.5) is 10.5 Å². The van der Waals surface area contributed by atoms with E-state index in [2.05, 4.69) is 76.8 Å². The maximum atomic E-state index is 11.8. The molecule has 2 aliphatic heterocycles. The third kappa shape index (κ3) is 5.17. The zero-order valence-electron chi connectivity index (χ0n) is 17.4. The van der Waals surface area contributed by atoms with Crippen LogP contribution in [0.15, 0.2) is 54.6 Å². The number of likely N-dealkylation sites (tertiary alicyclic amines) is 1. The molecular formula is C24H32N4O. The first-order valence-corrected chi connectivity index (χ1v) is 10.8. The third-order valence-corrected chi connectivity index (χ3v) is 6.21. The van der Waals surface area contributed by atoms with Crippen LogP contribution in [-0.2, 0) is 13.0 Å². The number of piperidine rings is 1. The van der Waals surface area contributed by atoms with Gasteiger partial charge in [0.2, 0.25) is 0 Å². The van der Waals surface area contributed by atoms with Gasteiger partial charge in [0, 0.05) is 44.5 Å². The predicted molar refractivity (Wildman–Crippen MR) is 118 cm³/mol. The number of amides is 2. The van der Waals surface area contributed by atoms with E-state index in [1.165, 1.54) is 30.5 Å². The first kappa shape index (κ1) is 19.9. The number of nitrogens with zero attached hydrogens (tertiary/aromatic N) is 3. The van der Waals surface area contributed by atoms with Crippen LogP contribution < -0.4 is 10.2 Å². The van der Waals surface area contributed by atoms with E-state index in [0.717, 1.165) is 44.8 Å². The number of carbonyl (C=O) groups is 1. The van der Waals surface area contributed by atoms with Gasteiger partial charge in [-0.1, -0.05) is 42.5 Å². The summed E-state index contributed by atoms with van der Waals surface area (Å²) >= 11 is 0. The molecule has 1 atom stereocenters. The Morgan fingerprint density at radius 3 is 2.55 bits per heavy atom. The average molecular weight is 393 g/mol. The lowest BCUT2D eigenvalue weighted by molar-refractivity contribution is 0.112. The van der Waals surface area contributed by atoms with Gasteiger partial charge in [0.25, 0.3) is 0 Å². The lowest BCUT2D eigenvalue weighted by atomic mass is 10.0. The van der Waals surface area contributed by atoms with Crippen LogP contribution in [0.1, 0.15) is 24.0 Å². The molecule has 0 aromatic heterocycles. The van der Waals surface area contributed by atoms with E-state index in [-0.39, 0.29) is 6.03 Å². The Morgan fingerprint density at radius 2 is 1.83 bits per heavy atom. The van der Waals surface area contributed by atoms with E-state index in [0.29, 0.717) is 6.04 Å². The minimum absolute atomic E-state index is 0.00941. The molecule has 2 saturated heterocycles. The molecule has 2 aromatic carbocycles. The minimum atomic E-state index is 0.00941. The molecule has 154 valence electrons. The molecule has 5 nitrogen and oxygen atoms in total. The summed E-state index contributed by atoms with van der Waals surface area (Å²) in [7, 11) is 2.27. The van der Waals surface area contributed by atoms with Gasteiger partial charge >= 0.3 is 6.03 Å². The number of carbonyl (C=O) groups excluding carboxylic acids is 1. The third-order valence-electron chi connectivity index (χ3n) is 6.21. The van der Waals surface area contributed by atoms with Gasteiger partial charge in [-0.05, 0) is 56.1 Å². The highest BCUT2D eigenvalue weighted by Gasteiger charge is 2.24. The molecule has 2 heterocycles. The van der Waals surface area contributed by atoms with Crippen molar-refractivity contribution in [3.8, 4) is 0 Å². The fourth-order valence-electron chi connectivity index (χ4n) is 4.42. The lowest BCUT2D eigenvalue weighted by Gasteiger charge is -2.37. The van der Waals surface area contributed by atoms with Crippen molar-refractivity contribution in [3.05, 3.63) is 65.7 Å². The Kier molecular flexibility index (Phi) is 6.47. The molecule has 2 aromatic rings. The first-order valence-electron chi connectivity index (χ1n) is 10.8. The number of benzene rings is 2. The smallest absolute Gasteiger partial charge is 0.321 e. The van der Waals surface area contributed by atoms with Gasteiger partial charge in [0.15, 0.2) is 0 Å². The molecule has 0 spiro atoms. The summed E-state index contributed by atoms with van der Waals surface area (Å²) in [4.78, 5) is 18.7. The molecule has 0 aliphatic carbocycles. The van der Waals surface area contributed by atoms with E-state index in [1.54, 1.807) is 0 Å². The summed E-state index contributed by atoms with van der Waals surface area (Å²) in [6.07, 6.45) is 3.65. The zero-order chi connectivity index (χ0) is 20.1. The van der Waals surface area contributed by atoms with E-state index in [4.69, 9.17) is 0 Å². The van der Waals surface area contributed by atoms with Gasteiger partial charge in [0.1, 0.15) is 0 Å². The van der Waals surface area contributed by atoms with Crippen LogP contribution in [0.3, 0.4) is 0 Å². The number of nitrogens with one attached hydrogen (secondary N) is 1. The molecule has 4 rings (SSSR count). The van der Waals surface area contributed by atoms with Gasteiger partial charge in [-0.25, -0.2) is 4.79 Å². The molecule has 29 heavy (non-hydrogen) atoms. The number of anilines is 1. The van der Waals surface area contributed by atoms with Gasteiger partial charge < -0.3 is 10.2 Å². The lowest BCUT2D eigenvalue weighted by Crippen LogP contribution is -2.46. The Balaban J connectivity index is 1.28. The van der Waals surface area contributed by atoms with Crippen LogP contribution in [0.25, 0.3) is 0 Å². The van der Waals surface area contributed by atoms with Crippen LogP contribution in [0.2, 0.25) is 0 Å². The highest BCUT2D eigenvalue weighted by atomic mass is 16.2. The first-order chi connectivity index (χ1) is 14.2. The van der Waals surface area contributed by atoms with Gasteiger partial charge in [0.05, 0.1) is 0 Å². The number of hydrogen-bond donors (Lipinski definition) is 1. The second-order valence-electron chi connectivity index (χ2n) is 8.30. The highest BCUT2D eigenvalue weighted by Crippen LogP contribution is 2.21. The molecule has 1 unspecified atom stereocenters. The summed E-state index contributed by atoms with van der Waals surface area (Å²) in [6, 6.07) is 19.9. The number of urea groups is 1. The van der Waals surface area contributed by atoms with E-state index < -0.39 is 0 Å². The number of rotatable bonds is 7. The standard InChI is InChI=1S/C24H32N4O/c1-26(16-13-20-6-3-2-4-7-20)23-8-5-15-27(19-23)18-21-9-11-22(12-10-21)28-17-14-25-24(28)29/h2-4,6-7,9-12,23H,5,8,13-19H2,1H3,(H,25,29). The van der Waals surface area contributed by atoms with Crippen molar-refractivity contribution in [1.82, 2.24) is 15.1 Å². The summed E-state index contributed by atoms with van der Waals surface area (Å²) in [5, 5.41) is 2.86. The molecular weight excluding hydrogens is 360 g/mol. The van der Waals surface area contributed by atoms with E-state index in [1.807, 2.05) is 4.90 Å². The van der Waals surface area contributed by atoms with Gasteiger partial charge in [-0.2, -0.15) is 0 Å². The average Bonchev–Trinajstić information content (AvgIpc) is 3.19. The number of hydrogen-bond acceptors (Lipinski definition) is 3. The summed E-state index contributed by atoms with van der Waals surface area (Å²) in [6.45, 7) is 5.86. The minimum Gasteiger partial charge on any atom is -0.336 e. The van der Waals surface area contributed by atoms with Crippen molar-refractivity contribution in [2.45, 2.75) is 31.8 Å². The molecule has 5 heteroatoms. The SMILES string of the molecule is CN(CCc1ccccc1)C1CCCN(Cc2ccc(N3CCNC3=O)cc2)C1. The van der Waals surface area contributed by atoms with Crippen LogP contribution in [0, 0.1) is 0 Å². The van der Waals surface area contributed by atoms with Crippen molar-refractivity contribution in [1.29, 1.82) is 0 Å². The Labute approximate surface area is 174 Å². The summed E-state index contributed by atoms with van der Waals surface area (Å²) in [5.41, 5.74) is 3.72. The maximum Gasteiger partial charge on any atom is 0.321 e. The van der Waals surface area contributed by atoms with Crippen LogP contribution >= 0.6 is 0 Å². The zero-order valence-corrected chi connectivity index (χ0v) is 17.4. The van der Waals surface area contributed by atoms with Crippen molar-refractivity contribution < 1.29 is 4.79 Å². The molecule has 0 bridgehead atoms. The number of likely N-dealkylation sites (N-methyl/N-ethyl adjacent to an activating group) is 1. The van der Waals surface area contributed by atoms with Crippen LogP contribution in [0.5, 0.6) is 0 Å². The summed E-state index contributed by atoms with van der Waals surface area (Å²) in [5.74, 6) is 0. The van der Waals surface area contributed by atoms with Gasteiger partial charge in [-0.3, -0.25) is 9.80 Å². The monoisotopic (exact) mass is 392 g/mol. The summed E-state index contributed by atoms with van der Waals surface area (Å²) < 4.78 is 0. The Bertz CT molecular complexity index is 792. The second kappa shape index (κ2) is 9.42. The molecule has 2 aliphatic rings. The van der Waals surface area contributed by atoms with Crippen molar-refractivity contribution in [2.75, 3.05) is 44.7 Å². The topological polar surface area (TPSA) is 38.8 Å². The van der Waals surface area contributed by atoms with E-state index >= 15 is 0 Å². The molecule has 2 amide bonds. The second-order valence-corrected chi connectivity index (χ2v) is 8.30. The van der Waals surface area contributed by atoms with Gasteiger partial charge in [-0.15, -0.1) is 0 Å². The maximum absolute atomic E-state index is 11.8. The molecule has 1 N–H and O–H groups in total. The largest absolute Gasteiger partial charge is 0.336 e. The molecule has 2 fully saturated rings. The molecule has 0 saturated carbocycles. The van der Waals surface area contributed by atoms with Crippen LogP contribution in [-0.4, -0.2) is 61.6 Å². The van der Waals surface area contributed by atoms with Crippen molar-refractivity contribution >= 4 is 11.7 Å². The van der Waals surface area contributed by atoms with Crippen molar-refractivity contribution in [3.63, 3.8) is 0 Å². The predicted octanol–water partition coefficient (Wildman–Crippen LogP) is 3.36. The Hall–Kier alpha value is -2.37. The Morgan fingerprint density at radius 1 is 1.03 bits per heavy atom. The highest BCUT2D eigenvalue weighted by molar-refractivity contribution is 5.93. The molecule has 0 radical (unpaired) electrons. The van der Waals surface area contributed by atoms with E-state index in [9.17, 15) is 4.79 Å². The fourth-order valence-corrected chi connectivity index (χ4v) is 4.42. The fraction of sp³-hybridized carbons (Fsp3) is 0.458.